The maximum absolute atomic E-state index is 12.7. The second-order valence-electron chi connectivity index (χ2n) is 3.29. The van der Waals surface area contributed by atoms with Crippen molar-refractivity contribution >= 4 is 11.6 Å². The first-order valence-corrected chi connectivity index (χ1v) is 5.31. The standard InChI is InChI=1S/C10H6ClF5N2O/c11-3-6-5(1-2-17)7(8(12)13)4-18-9(6)19-10(14,15)16/h4,8H,1,3H2. The molecule has 0 atom stereocenters. The Bertz CT molecular complexity index is 498. The molecule has 0 spiro atoms. The summed E-state index contributed by atoms with van der Waals surface area (Å²) < 4.78 is 65.3. The van der Waals surface area contributed by atoms with Crippen LogP contribution in [0.3, 0.4) is 0 Å². The van der Waals surface area contributed by atoms with Crippen LogP contribution in [0.5, 0.6) is 5.88 Å². The lowest BCUT2D eigenvalue weighted by Crippen LogP contribution is -2.20. The van der Waals surface area contributed by atoms with Gasteiger partial charge >= 0.3 is 6.36 Å². The number of halogens is 6. The zero-order chi connectivity index (χ0) is 14.6. The van der Waals surface area contributed by atoms with Gasteiger partial charge in [0.05, 0.1) is 18.4 Å². The Balaban J connectivity index is 3.37. The van der Waals surface area contributed by atoms with Gasteiger partial charge in [0.15, 0.2) is 0 Å². The predicted molar refractivity (Wildman–Crippen MR) is 54.8 cm³/mol. The number of aromatic nitrogens is 1. The highest BCUT2D eigenvalue weighted by atomic mass is 35.5. The van der Waals surface area contributed by atoms with E-state index in [0.29, 0.717) is 6.20 Å². The summed E-state index contributed by atoms with van der Waals surface area (Å²) in [6, 6.07) is 1.59. The van der Waals surface area contributed by atoms with Gasteiger partial charge in [0.25, 0.3) is 6.43 Å². The Morgan fingerprint density at radius 2 is 2.00 bits per heavy atom. The van der Waals surface area contributed by atoms with Gasteiger partial charge in [0.2, 0.25) is 5.88 Å². The number of pyridine rings is 1. The molecule has 3 nitrogen and oxygen atoms in total. The molecule has 0 bridgehead atoms. The molecule has 0 fully saturated rings. The largest absolute Gasteiger partial charge is 0.574 e. The Morgan fingerprint density at radius 3 is 2.42 bits per heavy atom. The third kappa shape index (κ3) is 3.92. The molecule has 0 N–H and O–H groups in total. The lowest BCUT2D eigenvalue weighted by atomic mass is 10.0. The summed E-state index contributed by atoms with van der Waals surface area (Å²) >= 11 is 5.44. The summed E-state index contributed by atoms with van der Waals surface area (Å²) in [7, 11) is 0. The highest BCUT2D eigenvalue weighted by Crippen LogP contribution is 2.33. The smallest absolute Gasteiger partial charge is 0.388 e. The zero-order valence-electron chi connectivity index (χ0n) is 9.14. The average Bonchev–Trinajstić information content (AvgIpc) is 2.27. The molecule has 0 aliphatic rings. The molecule has 1 heterocycles. The molecule has 104 valence electrons. The van der Waals surface area contributed by atoms with Crippen LogP contribution in [-0.2, 0) is 12.3 Å². The fourth-order valence-corrected chi connectivity index (χ4v) is 1.67. The average molecular weight is 301 g/mol. The van der Waals surface area contributed by atoms with Crippen molar-refractivity contribution in [3.8, 4) is 11.9 Å². The van der Waals surface area contributed by atoms with Gasteiger partial charge in [-0.3, -0.25) is 0 Å². The molecule has 0 unspecified atom stereocenters. The van der Waals surface area contributed by atoms with Gasteiger partial charge in [-0.1, -0.05) is 0 Å². The number of alkyl halides is 6. The van der Waals surface area contributed by atoms with Crippen molar-refractivity contribution in [2.75, 3.05) is 0 Å². The van der Waals surface area contributed by atoms with Gasteiger partial charge in [-0.2, -0.15) is 5.26 Å². The topological polar surface area (TPSA) is 45.9 Å². The van der Waals surface area contributed by atoms with Crippen LogP contribution in [0.2, 0.25) is 0 Å². The summed E-state index contributed by atoms with van der Waals surface area (Å²) in [5, 5.41) is 8.55. The summed E-state index contributed by atoms with van der Waals surface area (Å²) in [6.45, 7) is 0. The van der Waals surface area contributed by atoms with E-state index in [0.717, 1.165) is 0 Å². The fourth-order valence-electron chi connectivity index (χ4n) is 1.40. The minimum absolute atomic E-state index is 0.290. The van der Waals surface area contributed by atoms with Crippen molar-refractivity contribution < 1.29 is 26.7 Å². The van der Waals surface area contributed by atoms with Crippen LogP contribution in [0.15, 0.2) is 6.20 Å². The Hall–Kier alpha value is -1.62. The van der Waals surface area contributed by atoms with Crippen molar-refractivity contribution in [3.05, 3.63) is 22.9 Å². The SMILES string of the molecule is N#CCc1c(C(F)F)cnc(OC(F)(F)F)c1CCl. The highest BCUT2D eigenvalue weighted by Gasteiger charge is 2.34. The molecular weight excluding hydrogens is 295 g/mol. The van der Waals surface area contributed by atoms with Crippen molar-refractivity contribution in [1.29, 1.82) is 5.26 Å². The fraction of sp³-hybridized carbons (Fsp3) is 0.400. The quantitative estimate of drug-likeness (QED) is 0.629. The zero-order valence-corrected chi connectivity index (χ0v) is 9.90. The minimum Gasteiger partial charge on any atom is -0.388 e. The molecule has 1 rings (SSSR count). The molecule has 0 aliphatic carbocycles. The van der Waals surface area contributed by atoms with Crippen LogP contribution in [-0.4, -0.2) is 11.3 Å². The number of hydrogen-bond acceptors (Lipinski definition) is 3. The highest BCUT2D eigenvalue weighted by molar-refractivity contribution is 6.17. The first-order chi connectivity index (χ1) is 8.80. The monoisotopic (exact) mass is 300 g/mol. The molecule has 0 radical (unpaired) electrons. The number of ether oxygens (including phenoxy) is 1. The van der Waals surface area contributed by atoms with E-state index in [1.807, 2.05) is 0 Å². The van der Waals surface area contributed by atoms with Gasteiger partial charge in [0.1, 0.15) is 0 Å². The van der Waals surface area contributed by atoms with Crippen molar-refractivity contribution in [2.45, 2.75) is 25.1 Å². The van der Waals surface area contributed by atoms with Gasteiger partial charge < -0.3 is 4.74 Å². The van der Waals surface area contributed by atoms with E-state index in [4.69, 9.17) is 16.9 Å². The van der Waals surface area contributed by atoms with E-state index < -0.39 is 36.5 Å². The first-order valence-electron chi connectivity index (χ1n) is 4.77. The summed E-state index contributed by atoms with van der Waals surface area (Å²) in [5.74, 6) is -1.45. The van der Waals surface area contributed by atoms with Crippen molar-refractivity contribution in [3.63, 3.8) is 0 Å². The summed E-state index contributed by atoms with van der Waals surface area (Å²) in [6.07, 6.45) is -7.96. The lowest BCUT2D eigenvalue weighted by molar-refractivity contribution is -0.276. The van der Waals surface area contributed by atoms with E-state index in [-0.39, 0.29) is 11.1 Å². The lowest BCUT2D eigenvalue weighted by Gasteiger charge is -2.15. The Kier molecular flexibility index (Phi) is 4.89. The second kappa shape index (κ2) is 6.02. The third-order valence-corrected chi connectivity index (χ3v) is 2.40. The van der Waals surface area contributed by atoms with Crippen LogP contribution in [0.4, 0.5) is 22.0 Å². The minimum atomic E-state index is -5.02. The Labute approximate surface area is 109 Å². The van der Waals surface area contributed by atoms with Gasteiger partial charge in [0, 0.05) is 17.3 Å². The van der Waals surface area contributed by atoms with Crippen molar-refractivity contribution in [1.82, 2.24) is 4.98 Å². The molecular formula is C10H6ClF5N2O. The first kappa shape index (κ1) is 15.4. The van der Waals surface area contributed by atoms with Gasteiger partial charge in [-0.05, 0) is 5.56 Å². The van der Waals surface area contributed by atoms with E-state index in [1.165, 1.54) is 0 Å². The van der Waals surface area contributed by atoms with Crippen molar-refractivity contribution in [2.24, 2.45) is 0 Å². The molecule has 0 amide bonds. The third-order valence-electron chi connectivity index (χ3n) is 2.13. The molecule has 19 heavy (non-hydrogen) atoms. The molecule has 1 aromatic rings. The number of rotatable bonds is 4. The van der Waals surface area contributed by atoms with E-state index in [9.17, 15) is 22.0 Å². The van der Waals surface area contributed by atoms with Crippen LogP contribution < -0.4 is 4.74 Å². The normalized spacial score (nSPS) is 11.5. The summed E-state index contributed by atoms with van der Waals surface area (Å²) in [4.78, 5) is 3.18. The molecule has 0 aliphatic heterocycles. The molecule has 0 saturated heterocycles. The number of hydrogen-bond donors (Lipinski definition) is 0. The maximum Gasteiger partial charge on any atom is 0.574 e. The molecule has 1 aromatic heterocycles. The van der Waals surface area contributed by atoms with Gasteiger partial charge in [-0.25, -0.2) is 13.8 Å². The number of nitrogens with zero attached hydrogens (tertiary/aromatic N) is 2. The summed E-state index contributed by atoms with van der Waals surface area (Å²) in [5.41, 5.74) is -1.29. The van der Waals surface area contributed by atoms with E-state index >= 15 is 0 Å². The molecule has 0 aromatic carbocycles. The van der Waals surface area contributed by atoms with E-state index in [2.05, 4.69) is 9.72 Å². The van der Waals surface area contributed by atoms with Crippen LogP contribution >= 0.6 is 11.6 Å². The Morgan fingerprint density at radius 1 is 1.37 bits per heavy atom. The second-order valence-corrected chi connectivity index (χ2v) is 3.56. The molecule has 9 heteroatoms. The van der Waals surface area contributed by atoms with Crippen LogP contribution in [0.25, 0.3) is 0 Å². The van der Waals surface area contributed by atoms with E-state index in [1.54, 1.807) is 6.07 Å². The maximum atomic E-state index is 12.7. The predicted octanol–water partition coefficient (Wildman–Crippen LogP) is 3.72. The van der Waals surface area contributed by atoms with Crippen LogP contribution in [0, 0.1) is 11.3 Å². The number of nitriles is 1. The molecule has 0 saturated carbocycles. The van der Waals surface area contributed by atoms with Gasteiger partial charge in [-0.15, -0.1) is 24.8 Å². The van der Waals surface area contributed by atoms with Crippen LogP contribution in [0.1, 0.15) is 23.1 Å².